The SMILES string of the molecule is C1=CC[I-]C=C1.[O-][n+]1c2cccc(O)c2[n+]([O-])c2cccc(O)c21. The minimum absolute atomic E-state index is 0.000926. The van der Waals surface area contributed by atoms with Gasteiger partial charge in [-0.05, 0) is 12.1 Å². The molecule has 6 nitrogen and oxygen atoms in total. The molecule has 0 radical (unpaired) electrons. The number of hydrogen-bond donors (Lipinski definition) is 2. The smallest absolute Gasteiger partial charge is 0.332 e. The fraction of sp³-hybridized carbons (Fsp3) is 0.0588. The minimum atomic E-state index is -0.280. The van der Waals surface area contributed by atoms with Crippen molar-refractivity contribution < 1.29 is 40.9 Å². The molecule has 2 N–H and O–H groups in total. The molecule has 0 spiro atoms. The monoisotopic (exact) mass is 437 g/mol. The maximum Gasteiger partial charge on any atom is 0.332 e. The van der Waals surface area contributed by atoms with Crippen LogP contribution in [0.5, 0.6) is 11.5 Å². The Labute approximate surface area is 148 Å². The molecular weight excluding hydrogens is 423 g/mol. The summed E-state index contributed by atoms with van der Waals surface area (Å²) < 4.78 is 4.51. The molecule has 0 bridgehead atoms. The van der Waals surface area contributed by atoms with Crippen molar-refractivity contribution in [1.82, 2.24) is 0 Å². The Balaban J connectivity index is 0.000000238. The van der Waals surface area contributed by atoms with Crippen LogP contribution in [-0.2, 0) is 0 Å². The molecule has 124 valence electrons. The van der Waals surface area contributed by atoms with Gasteiger partial charge in [0.1, 0.15) is 0 Å². The summed E-state index contributed by atoms with van der Waals surface area (Å²) in [5.74, 6) is -0.560. The summed E-state index contributed by atoms with van der Waals surface area (Å²) >= 11 is 0.447. The summed E-state index contributed by atoms with van der Waals surface area (Å²) in [5.41, 5.74) is -0.241. The van der Waals surface area contributed by atoms with Crippen LogP contribution < -0.4 is 30.7 Å². The summed E-state index contributed by atoms with van der Waals surface area (Å²) in [4.78, 5) is 0. The third-order valence-corrected chi connectivity index (χ3v) is 5.36. The summed E-state index contributed by atoms with van der Waals surface area (Å²) in [6.45, 7) is 0. The molecule has 4 rings (SSSR count). The van der Waals surface area contributed by atoms with Crippen LogP contribution in [0.2, 0.25) is 0 Å². The third-order valence-electron chi connectivity index (χ3n) is 3.42. The first-order chi connectivity index (χ1) is 11.6. The summed E-state index contributed by atoms with van der Waals surface area (Å²) in [6.07, 6.45) is 6.48. The molecule has 7 heteroatoms. The van der Waals surface area contributed by atoms with Gasteiger partial charge in [0.2, 0.25) is 0 Å². The largest absolute Gasteiger partial charge is 0.617 e. The van der Waals surface area contributed by atoms with Crippen molar-refractivity contribution in [2.24, 2.45) is 0 Å². The second kappa shape index (κ2) is 6.91. The van der Waals surface area contributed by atoms with E-state index in [9.17, 15) is 20.6 Å². The van der Waals surface area contributed by atoms with Gasteiger partial charge in [-0.15, -0.1) is 0 Å². The Kier molecular flexibility index (Phi) is 4.70. The predicted octanol–water partition coefficient (Wildman–Crippen LogP) is -1.17. The second-order valence-corrected chi connectivity index (χ2v) is 7.41. The molecule has 2 aromatic carbocycles. The number of alkyl halides is 1. The molecule has 0 saturated heterocycles. The van der Waals surface area contributed by atoms with E-state index >= 15 is 0 Å². The van der Waals surface area contributed by atoms with E-state index in [0.717, 1.165) is 0 Å². The molecular formula is C17H14IN2O4-. The van der Waals surface area contributed by atoms with Crippen LogP contribution in [0.25, 0.3) is 22.1 Å². The molecule has 0 amide bonds. The zero-order valence-electron chi connectivity index (χ0n) is 12.5. The average molecular weight is 437 g/mol. The number of benzene rings is 2. The fourth-order valence-electron chi connectivity index (χ4n) is 2.35. The van der Waals surface area contributed by atoms with Gasteiger partial charge in [-0.3, -0.25) is 0 Å². The average Bonchev–Trinajstić information content (AvgIpc) is 2.61. The Morgan fingerprint density at radius 1 is 0.833 bits per heavy atom. The number of phenols is 2. The van der Waals surface area contributed by atoms with Gasteiger partial charge >= 0.3 is 59.0 Å². The van der Waals surface area contributed by atoms with E-state index in [4.69, 9.17) is 0 Å². The first-order valence-corrected chi connectivity index (χ1v) is 9.86. The molecule has 1 aliphatic rings. The molecule has 0 atom stereocenters. The maximum atomic E-state index is 12.1. The van der Waals surface area contributed by atoms with Crippen LogP contribution in [0.3, 0.4) is 0 Å². The van der Waals surface area contributed by atoms with Gasteiger partial charge in [-0.25, -0.2) is 0 Å². The quantitative estimate of drug-likeness (QED) is 0.152. The van der Waals surface area contributed by atoms with E-state index in [1.807, 2.05) is 0 Å². The van der Waals surface area contributed by atoms with Gasteiger partial charge in [-0.1, -0.05) is 12.1 Å². The number of hydrogen-bond acceptors (Lipinski definition) is 4. The topological polar surface area (TPSA) is 94.3 Å². The van der Waals surface area contributed by atoms with E-state index in [1.54, 1.807) is 0 Å². The van der Waals surface area contributed by atoms with E-state index in [2.05, 4.69) is 22.3 Å². The summed E-state index contributed by atoms with van der Waals surface area (Å²) in [7, 11) is 0. The van der Waals surface area contributed by atoms with Crippen molar-refractivity contribution in [3.05, 3.63) is 69.1 Å². The van der Waals surface area contributed by atoms with Crippen LogP contribution in [0.1, 0.15) is 0 Å². The molecule has 0 saturated carbocycles. The first kappa shape index (κ1) is 16.3. The number of allylic oxidation sites excluding steroid dienone is 3. The number of rotatable bonds is 0. The summed E-state index contributed by atoms with van der Waals surface area (Å²) in [5, 5.41) is 43.6. The second-order valence-electron chi connectivity index (χ2n) is 4.93. The Bertz CT molecular complexity index is 890. The molecule has 0 fully saturated rings. The van der Waals surface area contributed by atoms with Gasteiger partial charge in [0.25, 0.3) is 11.0 Å². The van der Waals surface area contributed by atoms with Gasteiger partial charge < -0.3 is 20.6 Å². The normalized spacial score (nSPS) is 13.3. The Morgan fingerprint density at radius 2 is 1.38 bits per heavy atom. The molecule has 0 aliphatic carbocycles. The van der Waals surface area contributed by atoms with Crippen LogP contribution in [-0.4, -0.2) is 14.6 Å². The van der Waals surface area contributed by atoms with E-state index in [1.165, 1.54) is 40.8 Å². The molecule has 1 aliphatic heterocycles. The van der Waals surface area contributed by atoms with Gasteiger partial charge in [0.05, 0.1) is 0 Å². The van der Waals surface area contributed by atoms with Crippen LogP contribution >= 0.6 is 0 Å². The van der Waals surface area contributed by atoms with Crippen LogP contribution in [0, 0.1) is 10.4 Å². The van der Waals surface area contributed by atoms with Crippen molar-refractivity contribution in [2.45, 2.75) is 0 Å². The minimum Gasteiger partial charge on any atom is -0.617 e. The predicted molar refractivity (Wildman–Crippen MR) is 85.9 cm³/mol. The summed E-state index contributed by atoms with van der Waals surface area (Å²) in [6, 6.07) is 8.37. The number of aromatic hydroxyl groups is 2. The fourth-order valence-corrected chi connectivity index (χ4v) is 3.76. The number of fused-ring (bicyclic) bond motifs is 2. The van der Waals surface area contributed by atoms with Crippen molar-refractivity contribution in [2.75, 3.05) is 4.43 Å². The maximum absolute atomic E-state index is 12.1. The van der Waals surface area contributed by atoms with Crippen molar-refractivity contribution in [3.63, 3.8) is 0 Å². The van der Waals surface area contributed by atoms with E-state index < -0.39 is 0 Å². The molecule has 1 aromatic heterocycles. The van der Waals surface area contributed by atoms with Crippen LogP contribution in [0.15, 0.2) is 58.7 Å². The number of nitrogens with zero attached hydrogens (tertiary/aromatic N) is 2. The van der Waals surface area contributed by atoms with Crippen molar-refractivity contribution in [3.8, 4) is 11.5 Å². The number of aromatic nitrogens is 2. The van der Waals surface area contributed by atoms with Gasteiger partial charge in [0.15, 0.2) is 11.5 Å². The van der Waals surface area contributed by atoms with E-state index in [-0.39, 0.29) is 33.6 Å². The van der Waals surface area contributed by atoms with Gasteiger partial charge in [0, 0.05) is 12.1 Å². The molecule has 2 heterocycles. The third kappa shape index (κ3) is 2.94. The first-order valence-electron chi connectivity index (χ1n) is 7.09. The molecule has 3 aromatic rings. The molecule has 24 heavy (non-hydrogen) atoms. The molecule has 0 unspecified atom stereocenters. The van der Waals surface area contributed by atoms with Crippen molar-refractivity contribution >= 4 is 22.1 Å². The number of halogens is 1. The van der Waals surface area contributed by atoms with Gasteiger partial charge in [-0.2, -0.15) is 9.46 Å². The van der Waals surface area contributed by atoms with Crippen molar-refractivity contribution in [1.29, 1.82) is 0 Å². The zero-order chi connectivity index (χ0) is 17.1. The zero-order valence-corrected chi connectivity index (χ0v) is 14.6. The standard InChI is InChI=1S/C12H8N2O4.C5H6I/c15-9-5-1-3-7-11(9)14(18)8-4-2-6-10(16)12(8)13(7)17;1-2-4-6-5-3-1/h1-6,15-16H;1-4H,5H2/q;-1. The van der Waals surface area contributed by atoms with E-state index in [0.29, 0.717) is 30.7 Å². The Hall–Kier alpha value is -2.55. The van der Waals surface area contributed by atoms with Crippen LogP contribution in [0.4, 0.5) is 0 Å². The number of para-hydroxylation sites is 2. The Morgan fingerprint density at radius 3 is 1.71 bits per heavy atom. The number of phenolic OH excluding ortho intramolecular Hbond substituents is 2.